The standard InChI is InChI=1S/C13H15BrO2/c1-16-12(15)13(7-4-8-13)9-10-5-2-3-6-11(10)14/h2-3,5-6H,4,7-9H2,1H3. The molecular formula is C13H15BrO2. The number of rotatable bonds is 3. The number of carbonyl (C=O) groups is 1. The maximum absolute atomic E-state index is 11.8. The van der Waals surface area contributed by atoms with Gasteiger partial charge in [-0.1, -0.05) is 40.5 Å². The molecule has 0 heterocycles. The lowest BCUT2D eigenvalue weighted by molar-refractivity contribution is -0.158. The van der Waals surface area contributed by atoms with Gasteiger partial charge in [-0.05, 0) is 30.9 Å². The molecule has 1 aliphatic carbocycles. The first-order valence-electron chi connectivity index (χ1n) is 5.50. The molecule has 0 bridgehead atoms. The summed E-state index contributed by atoms with van der Waals surface area (Å²) in [6.07, 6.45) is 3.79. The minimum absolute atomic E-state index is 0.0606. The SMILES string of the molecule is COC(=O)C1(Cc2ccccc2Br)CCC1. The summed E-state index contributed by atoms with van der Waals surface area (Å²) in [5.74, 6) is -0.0606. The van der Waals surface area contributed by atoms with Crippen molar-refractivity contribution in [1.29, 1.82) is 0 Å². The van der Waals surface area contributed by atoms with Crippen LogP contribution in [0.2, 0.25) is 0 Å². The molecule has 0 aromatic heterocycles. The van der Waals surface area contributed by atoms with Gasteiger partial charge in [0.15, 0.2) is 0 Å². The molecule has 1 saturated carbocycles. The van der Waals surface area contributed by atoms with Crippen LogP contribution in [0.25, 0.3) is 0 Å². The minimum Gasteiger partial charge on any atom is -0.469 e. The van der Waals surface area contributed by atoms with Crippen LogP contribution in [0.3, 0.4) is 0 Å². The third kappa shape index (κ3) is 2.01. The maximum atomic E-state index is 11.8. The molecule has 0 atom stereocenters. The lowest BCUT2D eigenvalue weighted by Crippen LogP contribution is -2.40. The van der Waals surface area contributed by atoms with Gasteiger partial charge in [0.25, 0.3) is 0 Å². The Labute approximate surface area is 104 Å². The predicted molar refractivity (Wildman–Crippen MR) is 66.1 cm³/mol. The van der Waals surface area contributed by atoms with Crippen molar-refractivity contribution in [3.05, 3.63) is 34.3 Å². The topological polar surface area (TPSA) is 26.3 Å². The lowest BCUT2D eigenvalue weighted by Gasteiger charge is -2.39. The highest BCUT2D eigenvalue weighted by molar-refractivity contribution is 9.10. The number of halogens is 1. The van der Waals surface area contributed by atoms with Gasteiger partial charge in [0.05, 0.1) is 12.5 Å². The molecule has 0 saturated heterocycles. The molecule has 0 radical (unpaired) electrons. The molecule has 0 aliphatic heterocycles. The third-order valence-corrected chi connectivity index (χ3v) is 4.19. The van der Waals surface area contributed by atoms with E-state index in [9.17, 15) is 4.79 Å². The summed E-state index contributed by atoms with van der Waals surface area (Å²) in [6, 6.07) is 8.06. The van der Waals surface area contributed by atoms with Gasteiger partial charge in [-0.15, -0.1) is 0 Å². The number of hydrogen-bond acceptors (Lipinski definition) is 2. The molecule has 2 nitrogen and oxygen atoms in total. The zero-order chi connectivity index (χ0) is 11.6. The van der Waals surface area contributed by atoms with Crippen LogP contribution in [0.1, 0.15) is 24.8 Å². The minimum atomic E-state index is -0.265. The molecule has 3 heteroatoms. The molecule has 0 amide bonds. The van der Waals surface area contributed by atoms with E-state index < -0.39 is 0 Å². The number of hydrogen-bond donors (Lipinski definition) is 0. The van der Waals surface area contributed by atoms with Gasteiger partial charge in [0.1, 0.15) is 0 Å². The van der Waals surface area contributed by atoms with Crippen molar-refractivity contribution in [2.24, 2.45) is 5.41 Å². The van der Waals surface area contributed by atoms with Gasteiger partial charge < -0.3 is 4.74 Å². The van der Waals surface area contributed by atoms with Crippen LogP contribution in [0, 0.1) is 5.41 Å². The van der Waals surface area contributed by atoms with Crippen LogP contribution in [-0.4, -0.2) is 13.1 Å². The molecule has 0 unspecified atom stereocenters. The Morgan fingerprint density at radius 3 is 2.62 bits per heavy atom. The summed E-state index contributed by atoms with van der Waals surface area (Å²) in [5, 5.41) is 0. The highest BCUT2D eigenvalue weighted by atomic mass is 79.9. The largest absolute Gasteiger partial charge is 0.469 e. The second-order valence-corrected chi connectivity index (χ2v) is 5.25. The van der Waals surface area contributed by atoms with Crippen molar-refractivity contribution in [2.45, 2.75) is 25.7 Å². The summed E-state index contributed by atoms with van der Waals surface area (Å²) in [5.41, 5.74) is 0.922. The van der Waals surface area contributed by atoms with Crippen LogP contribution in [0.4, 0.5) is 0 Å². The Kier molecular flexibility index (Phi) is 3.33. The first-order chi connectivity index (χ1) is 7.68. The van der Waals surface area contributed by atoms with Gasteiger partial charge in [0.2, 0.25) is 0 Å². The molecule has 0 N–H and O–H groups in total. The molecule has 16 heavy (non-hydrogen) atoms. The number of benzene rings is 1. The van der Waals surface area contributed by atoms with E-state index in [2.05, 4.69) is 22.0 Å². The second-order valence-electron chi connectivity index (χ2n) is 4.39. The van der Waals surface area contributed by atoms with Gasteiger partial charge in [-0.3, -0.25) is 4.79 Å². The van der Waals surface area contributed by atoms with Gasteiger partial charge in [-0.25, -0.2) is 0 Å². The van der Waals surface area contributed by atoms with E-state index in [1.54, 1.807) is 0 Å². The van der Waals surface area contributed by atoms with Crippen LogP contribution < -0.4 is 0 Å². The summed E-state index contributed by atoms with van der Waals surface area (Å²) >= 11 is 3.52. The summed E-state index contributed by atoms with van der Waals surface area (Å²) in [7, 11) is 1.47. The Balaban J connectivity index is 2.19. The van der Waals surface area contributed by atoms with Crippen molar-refractivity contribution in [3.63, 3.8) is 0 Å². The zero-order valence-electron chi connectivity index (χ0n) is 9.33. The summed E-state index contributed by atoms with van der Waals surface area (Å²) < 4.78 is 5.99. The van der Waals surface area contributed by atoms with Crippen molar-refractivity contribution in [3.8, 4) is 0 Å². The lowest BCUT2D eigenvalue weighted by atomic mass is 9.65. The predicted octanol–water partition coefficient (Wildman–Crippen LogP) is 3.33. The second kappa shape index (κ2) is 4.58. The number of carbonyl (C=O) groups excluding carboxylic acids is 1. The van der Waals surface area contributed by atoms with Crippen molar-refractivity contribution in [1.82, 2.24) is 0 Å². The number of esters is 1. The van der Waals surface area contributed by atoms with Gasteiger partial charge in [0, 0.05) is 4.47 Å². The Hall–Kier alpha value is -0.830. The average Bonchev–Trinajstić information content (AvgIpc) is 2.25. The Morgan fingerprint density at radius 2 is 2.12 bits per heavy atom. The van der Waals surface area contributed by atoms with Gasteiger partial charge in [-0.2, -0.15) is 0 Å². The first-order valence-corrected chi connectivity index (χ1v) is 6.29. The smallest absolute Gasteiger partial charge is 0.312 e. The molecule has 2 rings (SSSR count). The van der Waals surface area contributed by atoms with E-state index in [1.165, 1.54) is 12.7 Å². The average molecular weight is 283 g/mol. The Morgan fingerprint density at radius 1 is 1.44 bits per heavy atom. The molecule has 0 spiro atoms. The maximum Gasteiger partial charge on any atom is 0.312 e. The van der Waals surface area contributed by atoms with Crippen LogP contribution in [-0.2, 0) is 16.0 Å². The molecule has 1 aromatic rings. The van der Waals surface area contributed by atoms with Crippen LogP contribution in [0.5, 0.6) is 0 Å². The van der Waals surface area contributed by atoms with Crippen LogP contribution >= 0.6 is 15.9 Å². The van der Waals surface area contributed by atoms with Crippen molar-refractivity contribution in [2.75, 3.05) is 7.11 Å². The molecule has 86 valence electrons. The Bertz CT molecular complexity index is 397. The van der Waals surface area contributed by atoms with E-state index in [0.29, 0.717) is 0 Å². The number of methoxy groups -OCH3 is 1. The van der Waals surface area contributed by atoms with E-state index in [-0.39, 0.29) is 11.4 Å². The molecule has 1 fully saturated rings. The quantitative estimate of drug-likeness (QED) is 0.795. The van der Waals surface area contributed by atoms with Gasteiger partial charge >= 0.3 is 5.97 Å². The first kappa shape index (κ1) is 11.6. The molecule has 1 aliphatic rings. The van der Waals surface area contributed by atoms with E-state index in [0.717, 1.165) is 30.2 Å². The van der Waals surface area contributed by atoms with E-state index in [4.69, 9.17) is 4.74 Å². The molecular weight excluding hydrogens is 268 g/mol. The zero-order valence-corrected chi connectivity index (χ0v) is 10.9. The highest BCUT2D eigenvalue weighted by Gasteiger charge is 2.45. The van der Waals surface area contributed by atoms with Crippen LogP contribution in [0.15, 0.2) is 28.7 Å². The fourth-order valence-electron chi connectivity index (χ4n) is 2.28. The third-order valence-electron chi connectivity index (χ3n) is 3.42. The summed E-state index contributed by atoms with van der Waals surface area (Å²) in [6.45, 7) is 0. The van der Waals surface area contributed by atoms with Crippen molar-refractivity contribution < 1.29 is 9.53 Å². The summed E-state index contributed by atoms with van der Waals surface area (Å²) in [4.78, 5) is 11.8. The monoisotopic (exact) mass is 282 g/mol. The normalized spacial score (nSPS) is 17.6. The van der Waals surface area contributed by atoms with E-state index >= 15 is 0 Å². The van der Waals surface area contributed by atoms with Crippen molar-refractivity contribution >= 4 is 21.9 Å². The fraction of sp³-hybridized carbons (Fsp3) is 0.462. The fourth-order valence-corrected chi connectivity index (χ4v) is 2.70. The number of ether oxygens (including phenoxy) is 1. The van der Waals surface area contributed by atoms with E-state index in [1.807, 2.05) is 18.2 Å². The highest BCUT2D eigenvalue weighted by Crippen LogP contribution is 2.45. The molecule has 1 aromatic carbocycles.